The molecule has 3 aliphatic rings. The monoisotopic (exact) mass is 636 g/mol. The van der Waals surface area contributed by atoms with Crippen LogP contribution < -0.4 is 26.0 Å². The van der Waals surface area contributed by atoms with E-state index in [1.807, 2.05) is 0 Å². The third kappa shape index (κ3) is 5.97. The minimum Gasteiger partial charge on any atom is -0.494 e. The number of carbonyl (C=O) groups excluding carboxylic acids is 3. The third-order valence-electron chi connectivity index (χ3n) is 9.62. The van der Waals surface area contributed by atoms with Crippen molar-refractivity contribution in [3.05, 3.63) is 59.3 Å². The largest absolute Gasteiger partial charge is 0.494 e. The van der Waals surface area contributed by atoms with Crippen LogP contribution in [0, 0.1) is 36.5 Å². The molecular weight excluding hydrogens is 601 g/mol. The Morgan fingerprint density at radius 1 is 1.02 bits per heavy atom. The lowest BCUT2D eigenvalue weighted by molar-refractivity contribution is -0.143. The Kier molecular flexibility index (Phi) is 8.34. The molecule has 2 amide bonds. The van der Waals surface area contributed by atoms with Crippen LogP contribution in [0.5, 0.6) is 5.75 Å². The number of hydrogen-bond donors (Lipinski definition) is 4. The molecule has 1 heterocycles. The van der Waals surface area contributed by atoms with Gasteiger partial charge in [-0.3, -0.25) is 14.4 Å². The molecule has 0 aliphatic heterocycles. The van der Waals surface area contributed by atoms with Crippen molar-refractivity contribution in [1.29, 1.82) is 0 Å². The van der Waals surface area contributed by atoms with Gasteiger partial charge in [-0.15, -0.1) is 0 Å². The van der Waals surface area contributed by atoms with E-state index in [4.69, 9.17) is 4.74 Å². The molecule has 1 aromatic heterocycles. The van der Waals surface area contributed by atoms with Gasteiger partial charge in [-0.1, -0.05) is 12.1 Å². The lowest BCUT2D eigenvalue weighted by Crippen LogP contribution is -2.50. The first kappa shape index (κ1) is 31.3. The highest BCUT2D eigenvalue weighted by molar-refractivity contribution is 6.01. The Hall–Kier alpha value is -4.68. The van der Waals surface area contributed by atoms with Gasteiger partial charge < -0.3 is 26.0 Å². The summed E-state index contributed by atoms with van der Waals surface area (Å²) in [7, 11) is 2.86. The van der Waals surface area contributed by atoms with Crippen molar-refractivity contribution in [3.8, 4) is 5.75 Å². The zero-order valence-corrected chi connectivity index (χ0v) is 25.6. The number of nitrogens with zero attached hydrogens (tertiary/aromatic N) is 2. The van der Waals surface area contributed by atoms with Crippen molar-refractivity contribution in [2.45, 2.75) is 45.2 Å². The molecule has 242 valence electrons. The molecule has 3 aromatic rings. The second-order valence-corrected chi connectivity index (χ2v) is 12.3. The topological polar surface area (TPSA) is 134 Å². The zero-order chi connectivity index (χ0) is 32.7. The van der Waals surface area contributed by atoms with Gasteiger partial charge in [-0.05, 0) is 74.6 Å². The van der Waals surface area contributed by atoms with Gasteiger partial charge in [-0.2, -0.15) is 18.2 Å². The summed E-state index contributed by atoms with van der Waals surface area (Å²) < 4.78 is 47.5. The number of anilines is 5. The fourth-order valence-electron chi connectivity index (χ4n) is 7.41. The number of ketones is 1. The summed E-state index contributed by atoms with van der Waals surface area (Å²) in [5, 5.41) is 11.1. The number of para-hydroxylation sites is 1. The van der Waals surface area contributed by atoms with Crippen molar-refractivity contribution >= 4 is 46.4 Å². The van der Waals surface area contributed by atoms with E-state index >= 15 is 0 Å². The maximum atomic E-state index is 14.0. The third-order valence-corrected chi connectivity index (χ3v) is 9.62. The van der Waals surface area contributed by atoms with Crippen molar-refractivity contribution in [2.75, 3.05) is 30.1 Å². The average Bonchev–Trinajstić information content (AvgIpc) is 3.03. The summed E-state index contributed by atoms with van der Waals surface area (Å²) in [6.07, 6.45) is -0.0141. The molecule has 3 bridgehead atoms. The maximum absolute atomic E-state index is 14.0. The first-order valence-corrected chi connectivity index (χ1v) is 15.3. The van der Waals surface area contributed by atoms with Crippen molar-refractivity contribution in [2.24, 2.45) is 29.6 Å². The van der Waals surface area contributed by atoms with E-state index < -0.39 is 23.5 Å². The van der Waals surface area contributed by atoms with E-state index in [2.05, 4.69) is 31.2 Å². The number of methoxy groups -OCH3 is 1. The number of Topliss-reactive ketones (excluding diaryl/α,β-unsaturated/α-hetero) is 1. The van der Waals surface area contributed by atoms with Crippen LogP contribution in [0.4, 0.5) is 42.0 Å². The summed E-state index contributed by atoms with van der Waals surface area (Å²) in [4.78, 5) is 46.7. The normalized spacial score (nSPS) is 23.4. The number of amides is 2. The van der Waals surface area contributed by atoms with Crippen molar-refractivity contribution in [3.63, 3.8) is 0 Å². The van der Waals surface area contributed by atoms with Crippen molar-refractivity contribution < 1.29 is 32.3 Å². The van der Waals surface area contributed by atoms with Gasteiger partial charge in [-0.25, -0.2) is 4.98 Å². The number of hydrogen-bond acceptors (Lipinski definition) is 8. The van der Waals surface area contributed by atoms with Gasteiger partial charge >= 0.3 is 6.18 Å². The highest BCUT2D eigenvalue weighted by Gasteiger charge is 2.51. The summed E-state index contributed by atoms with van der Waals surface area (Å²) in [5.74, 6) is -0.106. The van der Waals surface area contributed by atoms with Gasteiger partial charge in [0.15, 0.2) is 0 Å². The Balaban J connectivity index is 1.23. The molecule has 3 aliphatic carbocycles. The highest BCUT2D eigenvalue weighted by Crippen LogP contribution is 2.53. The van der Waals surface area contributed by atoms with Crippen LogP contribution in [0.2, 0.25) is 0 Å². The lowest BCUT2D eigenvalue weighted by Gasteiger charge is -2.50. The number of benzene rings is 2. The van der Waals surface area contributed by atoms with Crippen LogP contribution in [0.1, 0.15) is 53.6 Å². The molecule has 3 fully saturated rings. The van der Waals surface area contributed by atoms with E-state index in [0.29, 0.717) is 47.0 Å². The molecule has 0 radical (unpaired) electrons. The van der Waals surface area contributed by atoms with Gasteiger partial charge in [0, 0.05) is 42.8 Å². The number of carbonyl (C=O) groups is 3. The second-order valence-electron chi connectivity index (χ2n) is 12.3. The molecule has 0 spiro atoms. The van der Waals surface area contributed by atoms with Crippen LogP contribution in [0.15, 0.2) is 42.6 Å². The van der Waals surface area contributed by atoms with Gasteiger partial charge in [0.05, 0.1) is 24.0 Å². The number of rotatable bonds is 8. The molecule has 4 N–H and O–H groups in total. The molecule has 5 atom stereocenters. The Morgan fingerprint density at radius 2 is 1.80 bits per heavy atom. The first-order chi connectivity index (χ1) is 22.0. The summed E-state index contributed by atoms with van der Waals surface area (Å²) >= 11 is 0. The number of aryl methyl sites for hydroxylation is 1. The average molecular weight is 637 g/mol. The Labute approximate surface area is 263 Å². The van der Waals surface area contributed by atoms with Gasteiger partial charge in [0.2, 0.25) is 11.9 Å². The quantitative estimate of drug-likeness (QED) is 0.228. The van der Waals surface area contributed by atoms with Gasteiger partial charge in [0.1, 0.15) is 22.9 Å². The second kappa shape index (κ2) is 12.3. The van der Waals surface area contributed by atoms with Crippen molar-refractivity contribution in [1.82, 2.24) is 15.3 Å². The predicted octanol–water partition coefficient (Wildman–Crippen LogP) is 6.24. The molecule has 13 heteroatoms. The SMILES string of the molecule is CNC(=O)c1cccc(C)c1Nc1nc(Nc2ccc(NC(=O)C3CC4CC5CC(CCC53)C4=O)cc2OC)ncc1C(F)(F)F. The summed E-state index contributed by atoms with van der Waals surface area (Å²) in [6.45, 7) is 1.66. The van der Waals surface area contributed by atoms with Crippen LogP contribution in [-0.2, 0) is 15.8 Å². The number of ether oxygens (including phenoxy) is 1. The van der Waals surface area contributed by atoms with E-state index in [9.17, 15) is 27.6 Å². The Bertz CT molecular complexity index is 1690. The minimum atomic E-state index is -4.78. The Morgan fingerprint density at radius 3 is 2.54 bits per heavy atom. The number of alkyl halides is 3. The molecule has 3 saturated carbocycles. The lowest BCUT2D eigenvalue weighted by atomic mass is 9.53. The van der Waals surface area contributed by atoms with Crippen LogP contribution >= 0.6 is 0 Å². The highest BCUT2D eigenvalue weighted by atomic mass is 19.4. The minimum absolute atomic E-state index is 0.0403. The predicted molar refractivity (Wildman–Crippen MR) is 165 cm³/mol. The molecule has 5 unspecified atom stereocenters. The maximum Gasteiger partial charge on any atom is 0.421 e. The first-order valence-electron chi connectivity index (χ1n) is 15.3. The number of fused-ring (bicyclic) bond motifs is 2. The number of nitrogens with one attached hydrogen (secondary N) is 4. The smallest absolute Gasteiger partial charge is 0.421 e. The molecule has 2 aromatic carbocycles. The molecule has 6 rings (SSSR count). The standard InChI is InChI=1S/C33H35F3N6O4/c1-16-5-4-6-22(30(44)37-2)27(16)41-29-24(33(34,35)36)15-38-32(42-29)40-25-10-8-20(14-26(25)46-3)39-31(45)23-13-19-12-18-11-17(28(19)43)7-9-21(18)23/h4-6,8,10,14-15,17-19,21,23H,7,9,11-13H2,1-3H3,(H,37,44)(H,39,45)(H2,38,40,41,42). The molecule has 0 saturated heterocycles. The van der Waals surface area contributed by atoms with Crippen LogP contribution in [0.3, 0.4) is 0 Å². The van der Waals surface area contributed by atoms with E-state index in [1.165, 1.54) is 20.2 Å². The summed E-state index contributed by atoms with van der Waals surface area (Å²) in [5.41, 5.74) is 0.588. The van der Waals surface area contributed by atoms with E-state index in [-0.39, 0.29) is 46.8 Å². The fourth-order valence-corrected chi connectivity index (χ4v) is 7.41. The molecule has 10 nitrogen and oxygen atoms in total. The molecular formula is C33H35F3N6O4. The number of aromatic nitrogens is 2. The van der Waals surface area contributed by atoms with Crippen LogP contribution in [-0.4, -0.2) is 41.7 Å². The number of halogens is 3. The van der Waals surface area contributed by atoms with Gasteiger partial charge in [0.25, 0.3) is 5.91 Å². The van der Waals surface area contributed by atoms with E-state index in [1.54, 1.807) is 37.3 Å². The molecule has 46 heavy (non-hydrogen) atoms. The summed E-state index contributed by atoms with van der Waals surface area (Å²) in [6, 6.07) is 9.66. The van der Waals surface area contributed by atoms with E-state index in [0.717, 1.165) is 25.7 Å². The zero-order valence-electron chi connectivity index (χ0n) is 25.6. The van der Waals surface area contributed by atoms with Crippen LogP contribution in [0.25, 0.3) is 0 Å². The fraction of sp³-hybridized carbons (Fsp3) is 0.424.